The smallest absolute Gasteiger partial charge is 0.159 e. The van der Waals surface area contributed by atoms with Gasteiger partial charge in [-0.05, 0) is 42.7 Å². The predicted octanol–water partition coefficient (Wildman–Crippen LogP) is 5.87. The van der Waals surface area contributed by atoms with Gasteiger partial charge >= 0.3 is 0 Å². The summed E-state index contributed by atoms with van der Waals surface area (Å²) in [6.07, 6.45) is 8.10. The molecule has 0 saturated heterocycles. The molecule has 0 bridgehead atoms. The van der Waals surface area contributed by atoms with Gasteiger partial charge in [-0.15, -0.1) is 0 Å². The van der Waals surface area contributed by atoms with E-state index in [4.69, 9.17) is 4.98 Å². The van der Waals surface area contributed by atoms with Crippen LogP contribution in [-0.4, -0.2) is 9.97 Å². The highest BCUT2D eigenvalue weighted by Gasteiger charge is 2.21. The zero-order chi connectivity index (χ0) is 16.9. The molecule has 0 radical (unpaired) electrons. The van der Waals surface area contributed by atoms with Gasteiger partial charge in [0.2, 0.25) is 0 Å². The number of aryl methyl sites for hydroxylation is 2. The summed E-state index contributed by atoms with van der Waals surface area (Å²) in [5.41, 5.74) is 4.98. The summed E-state index contributed by atoms with van der Waals surface area (Å²) in [5.74, 6) is 0.832. The second-order valence-corrected chi connectivity index (χ2v) is 7.08. The van der Waals surface area contributed by atoms with Crippen LogP contribution in [0.25, 0.3) is 11.4 Å². The molecule has 1 aromatic carbocycles. The van der Waals surface area contributed by atoms with Crippen LogP contribution in [0.1, 0.15) is 70.2 Å². The first-order valence-corrected chi connectivity index (χ1v) is 8.91. The third-order valence-corrected chi connectivity index (χ3v) is 4.87. The molecular weight excluding hydrogens is 280 g/mol. The van der Waals surface area contributed by atoms with Crippen molar-refractivity contribution in [3.05, 3.63) is 47.3 Å². The molecule has 0 spiro atoms. The van der Waals surface area contributed by atoms with Crippen LogP contribution in [0.5, 0.6) is 0 Å². The summed E-state index contributed by atoms with van der Waals surface area (Å²) in [6.45, 7) is 11.1. The first-order chi connectivity index (χ1) is 11.0. The molecule has 1 heterocycles. The Balaban J connectivity index is 2.17. The SMILES string of the molecule is CCCCCc1ccc(-c2ncc(C(C)(C)CC)c(C)n2)cc1. The number of benzene rings is 1. The van der Waals surface area contributed by atoms with E-state index in [0.29, 0.717) is 0 Å². The second kappa shape index (κ2) is 7.72. The summed E-state index contributed by atoms with van der Waals surface area (Å²) < 4.78 is 0. The Bertz CT molecular complexity index is 627. The third-order valence-electron chi connectivity index (χ3n) is 4.87. The molecule has 0 aliphatic rings. The molecule has 0 aliphatic heterocycles. The van der Waals surface area contributed by atoms with E-state index in [1.54, 1.807) is 0 Å². The Morgan fingerprint density at radius 2 is 1.70 bits per heavy atom. The lowest BCUT2D eigenvalue weighted by atomic mass is 9.82. The topological polar surface area (TPSA) is 25.8 Å². The third kappa shape index (κ3) is 4.40. The number of rotatable bonds is 7. The maximum atomic E-state index is 4.75. The molecule has 2 heteroatoms. The Morgan fingerprint density at radius 3 is 2.26 bits per heavy atom. The lowest BCUT2D eigenvalue weighted by Crippen LogP contribution is -2.18. The molecule has 2 aromatic rings. The van der Waals surface area contributed by atoms with Crippen LogP contribution in [0.4, 0.5) is 0 Å². The fourth-order valence-corrected chi connectivity index (χ4v) is 2.86. The van der Waals surface area contributed by atoms with Crippen LogP contribution in [-0.2, 0) is 11.8 Å². The highest BCUT2D eigenvalue weighted by Crippen LogP contribution is 2.29. The van der Waals surface area contributed by atoms with E-state index >= 15 is 0 Å². The standard InChI is InChI=1S/C21H30N2/c1-6-8-9-10-17-11-13-18(14-12-17)20-22-15-19(16(3)23-20)21(4,5)7-2/h11-15H,6-10H2,1-5H3. The Morgan fingerprint density at radius 1 is 1.00 bits per heavy atom. The van der Waals surface area contributed by atoms with E-state index < -0.39 is 0 Å². The van der Waals surface area contributed by atoms with Gasteiger partial charge in [-0.2, -0.15) is 0 Å². The van der Waals surface area contributed by atoms with Crippen molar-refractivity contribution in [3.63, 3.8) is 0 Å². The minimum atomic E-state index is 0.131. The number of hydrogen-bond donors (Lipinski definition) is 0. The lowest BCUT2D eigenvalue weighted by Gasteiger charge is -2.24. The molecule has 0 unspecified atom stereocenters. The fraction of sp³-hybridized carbons (Fsp3) is 0.524. The molecule has 23 heavy (non-hydrogen) atoms. The summed E-state index contributed by atoms with van der Waals surface area (Å²) in [7, 11) is 0. The molecule has 0 fully saturated rings. The fourth-order valence-electron chi connectivity index (χ4n) is 2.86. The number of aromatic nitrogens is 2. The number of hydrogen-bond acceptors (Lipinski definition) is 2. The Hall–Kier alpha value is -1.70. The molecule has 0 N–H and O–H groups in total. The van der Waals surface area contributed by atoms with Gasteiger partial charge in [0.25, 0.3) is 0 Å². The van der Waals surface area contributed by atoms with E-state index in [0.717, 1.165) is 29.9 Å². The van der Waals surface area contributed by atoms with Gasteiger partial charge in [0.05, 0.1) is 0 Å². The quantitative estimate of drug-likeness (QED) is 0.597. The van der Waals surface area contributed by atoms with Crippen molar-refractivity contribution in [3.8, 4) is 11.4 Å². The van der Waals surface area contributed by atoms with Gasteiger partial charge in [-0.1, -0.05) is 64.8 Å². The minimum absolute atomic E-state index is 0.131. The molecule has 0 aliphatic carbocycles. The van der Waals surface area contributed by atoms with Gasteiger partial charge in [0.1, 0.15) is 0 Å². The largest absolute Gasteiger partial charge is 0.236 e. The van der Waals surface area contributed by atoms with Crippen LogP contribution in [0, 0.1) is 6.92 Å². The second-order valence-electron chi connectivity index (χ2n) is 7.08. The van der Waals surface area contributed by atoms with E-state index in [-0.39, 0.29) is 5.41 Å². The summed E-state index contributed by atoms with van der Waals surface area (Å²) in [4.78, 5) is 9.37. The van der Waals surface area contributed by atoms with Gasteiger partial charge in [-0.3, -0.25) is 0 Å². The van der Waals surface area contributed by atoms with Crippen molar-refractivity contribution >= 4 is 0 Å². The first-order valence-electron chi connectivity index (χ1n) is 8.91. The average molecular weight is 310 g/mol. The van der Waals surface area contributed by atoms with Gasteiger partial charge in [0.15, 0.2) is 5.82 Å². The molecule has 0 saturated carbocycles. The lowest BCUT2D eigenvalue weighted by molar-refractivity contribution is 0.498. The van der Waals surface area contributed by atoms with Crippen molar-refractivity contribution in [1.29, 1.82) is 0 Å². The molecule has 1 aromatic heterocycles. The molecule has 0 amide bonds. The van der Waals surface area contributed by atoms with E-state index in [2.05, 4.69) is 63.9 Å². The van der Waals surface area contributed by atoms with Crippen molar-refractivity contribution in [2.24, 2.45) is 0 Å². The predicted molar refractivity (Wildman–Crippen MR) is 98.8 cm³/mol. The zero-order valence-electron chi connectivity index (χ0n) is 15.3. The molecular formula is C21H30N2. The molecule has 2 rings (SSSR count). The van der Waals surface area contributed by atoms with Gasteiger partial charge in [0, 0.05) is 17.5 Å². The van der Waals surface area contributed by atoms with Gasteiger partial charge < -0.3 is 0 Å². The van der Waals surface area contributed by atoms with Crippen LogP contribution < -0.4 is 0 Å². The van der Waals surface area contributed by atoms with E-state index in [1.165, 1.54) is 30.4 Å². The Kier molecular flexibility index (Phi) is 5.92. The molecule has 0 atom stereocenters. The van der Waals surface area contributed by atoms with Gasteiger partial charge in [-0.25, -0.2) is 9.97 Å². The normalized spacial score (nSPS) is 11.7. The highest BCUT2D eigenvalue weighted by molar-refractivity contribution is 5.55. The van der Waals surface area contributed by atoms with Crippen molar-refractivity contribution in [1.82, 2.24) is 9.97 Å². The summed E-state index contributed by atoms with van der Waals surface area (Å²) in [6, 6.07) is 8.74. The Labute approximate surface area is 141 Å². The van der Waals surface area contributed by atoms with Crippen LogP contribution in [0.3, 0.4) is 0 Å². The number of nitrogens with zero attached hydrogens (tertiary/aromatic N) is 2. The monoisotopic (exact) mass is 310 g/mol. The molecule has 124 valence electrons. The summed E-state index contributed by atoms with van der Waals surface area (Å²) >= 11 is 0. The van der Waals surface area contributed by atoms with Crippen molar-refractivity contribution in [2.75, 3.05) is 0 Å². The molecule has 2 nitrogen and oxygen atoms in total. The highest BCUT2D eigenvalue weighted by atomic mass is 14.9. The maximum absolute atomic E-state index is 4.75. The maximum Gasteiger partial charge on any atom is 0.159 e. The van der Waals surface area contributed by atoms with Crippen LogP contribution in [0.15, 0.2) is 30.5 Å². The number of unbranched alkanes of at least 4 members (excludes halogenated alkanes) is 2. The zero-order valence-corrected chi connectivity index (χ0v) is 15.3. The van der Waals surface area contributed by atoms with Crippen LogP contribution in [0.2, 0.25) is 0 Å². The average Bonchev–Trinajstić information content (AvgIpc) is 2.55. The van der Waals surface area contributed by atoms with Crippen molar-refractivity contribution < 1.29 is 0 Å². The van der Waals surface area contributed by atoms with Crippen molar-refractivity contribution in [2.45, 2.75) is 72.1 Å². The minimum Gasteiger partial charge on any atom is -0.236 e. The van der Waals surface area contributed by atoms with E-state index in [9.17, 15) is 0 Å². The van der Waals surface area contributed by atoms with Crippen LogP contribution >= 0.6 is 0 Å². The van der Waals surface area contributed by atoms with E-state index in [1.807, 2.05) is 6.20 Å². The summed E-state index contributed by atoms with van der Waals surface area (Å²) in [5, 5.41) is 0. The first kappa shape index (κ1) is 17.7.